The number of aliphatic hydroxyl groups excluding tert-OH is 2. The van der Waals surface area contributed by atoms with Gasteiger partial charge in [-0.2, -0.15) is 0 Å². The van der Waals surface area contributed by atoms with Crippen LogP contribution in [0.15, 0.2) is 0 Å². The van der Waals surface area contributed by atoms with E-state index in [1.807, 2.05) is 0 Å². The van der Waals surface area contributed by atoms with Gasteiger partial charge in [0.1, 0.15) is 6.10 Å². The lowest BCUT2D eigenvalue weighted by atomic mass is 10.3. The molecule has 0 aromatic heterocycles. The van der Waals surface area contributed by atoms with Gasteiger partial charge in [0.05, 0.1) is 6.10 Å². The Labute approximate surface area is 65.2 Å². The highest BCUT2D eigenvalue weighted by Gasteiger charge is 2.09. The van der Waals surface area contributed by atoms with Crippen LogP contribution in [0.2, 0.25) is 0 Å². The summed E-state index contributed by atoms with van der Waals surface area (Å²) in [6, 6.07) is 0. The van der Waals surface area contributed by atoms with E-state index in [0.29, 0.717) is 6.54 Å². The summed E-state index contributed by atoms with van der Waals surface area (Å²) < 4.78 is 0. The first-order valence-corrected chi connectivity index (χ1v) is 3.40. The number of nitrogens with two attached hydrogens (primary N) is 1. The smallest absolute Gasteiger partial charge is 0.247 e. The standard InChI is InChI=1S/C6H14N2O3/c1-4(9)2-8-3-5(10)6(7)11/h4-5,8-10H,2-3H2,1H3,(H2,7,11)/t4-,5?/m0/s1. The number of carbonyl (C=O) groups is 1. The van der Waals surface area contributed by atoms with Gasteiger partial charge in [0.25, 0.3) is 0 Å². The highest BCUT2D eigenvalue weighted by atomic mass is 16.3. The number of primary amides is 1. The lowest BCUT2D eigenvalue weighted by molar-refractivity contribution is -0.125. The Balaban J connectivity index is 3.31. The van der Waals surface area contributed by atoms with E-state index in [2.05, 4.69) is 5.32 Å². The summed E-state index contributed by atoms with van der Waals surface area (Å²) >= 11 is 0. The number of nitrogens with one attached hydrogen (secondary N) is 1. The number of carbonyl (C=O) groups excluding carboxylic acids is 1. The van der Waals surface area contributed by atoms with E-state index >= 15 is 0 Å². The fraction of sp³-hybridized carbons (Fsp3) is 0.833. The van der Waals surface area contributed by atoms with Gasteiger partial charge in [-0.1, -0.05) is 0 Å². The lowest BCUT2D eigenvalue weighted by Crippen LogP contribution is -2.39. The summed E-state index contributed by atoms with van der Waals surface area (Å²) in [5, 5.41) is 20.2. The predicted molar refractivity (Wildman–Crippen MR) is 39.8 cm³/mol. The highest BCUT2D eigenvalue weighted by molar-refractivity contribution is 5.78. The Hall–Kier alpha value is -0.650. The van der Waals surface area contributed by atoms with Crippen LogP contribution in [-0.4, -0.2) is 41.4 Å². The molecule has 0 saturated heterocycles. The summed E-state index contributed by atoms with van der Waals surface area (Å²) in [6.07, 6.45) is -1.66. The zero-order valence-corrected chi connectivity index (χ0v) is 6.45. The Morgan fingerprint density at radius 2 is 2.09 bits per heavy atom. The van der Waals surface area contributed by atoms with Crippen molar-refractivity contribution in [2.45, 2.75) is 19.1 Å². The molecule has 5 nitrogen and oxygen atoms in total. The molecule has 0 aromatic rings. The first kappa shape index (κ1) is 10.3. The van der Waals surface area contributed by atoms with E-state index in [1.165, 1.54) is 0 Å². The Morgan fingerprint density at radius 1 is 1.55 bits per heavy atom. The molecule has 0 radical (unpaired) electrons. The van der Waals surface area contributed by atoms with Gasteiger partial charge >= 0.3 is 0 Å². The summed E-state index contributed by atoms with van der Waals surface area (Å²) in [5.41, 5.74) is 4.76. The molecule has 0 bridgehead atoms. The quantitative estimate of drug-likeness (QED) is 0.369. The first-order chi connectivity index (χ1) is 5.04. The number of amides is 1. The molecule has 0 aliphatic heterocycles. The molecule has 0 aliphatic carbocycles. The van der Waals surface area contributed by atoms with Crippen molar-refractivity contribution in [1.82, 2.24) is 5.32 Å². The third-order valence-electron chi connectivity index (χ3n) is 1.11. The minimum Gasteiger partial charge on any atom is -0.392 e. The molecule has 1 amide bonds. The Kier molecular flexibility index (Phi) is 4.76. The second-order valence-electron chi connectivity index (χ2n) is 2.43. The number of aliphatic hydroxyl groups is 2. The van der Waals surface area contributed by atoms with Gasteiger partial charge in [-0.3, -0.25) is 4.79 Å². The normalized spacial score (nSPS) is 15.9. The molecule has 2 atom stereocenters. The van der Waals surface area contributed by atoms with Crippen molar-refractivity contribution in [1.29, 1.82) is 0 Å². The van der Waals surface area contributed by atoms with Crippen LogP contribution in [0.25, 0.3) is 0 Å². The van der Waals surface area contributed by atoms with E-state index < -0.39 is 18.1 Å². The Bertz CT molecular complexity index is 127. The molecule has 0 aromatic carbocycles. The summed E-state index contributed by atoms with van der Waals surface area (Å²) in [5.74, 6) is -0.761. The van der Waals surface area contributed by atoms with Crippen LogP contribution in [0, 0.1) is 0 Å². The minimum atomic E-state index is -1.17. The molecule has 11 heavy (non-hydrogen) atoms. The monoisotopic (exact) mass is 162 g/mol. The first-order valence-electron chi connectivity index (χ1n) is 3.40. The third-order valence-corrected chi connectivity index (χ3v) is 1.11. The van der Waals surface area contributed by atoms with Gasteiger partial charge in [-0.05, 0) is 6.92 Å². The maximum Gasteiger partial charge on any atom is 0.247 e. The largest absolute Gasteiger partial charge is 0.392 e. The zero-order valence-electron chi connectivity index (χ0n) is 6.45. The van der Waals surface area contributed by atoms with Crippen molar-refractivity contribution in [2.75, 3.05) is 13.1 Å². The molecular weight excluding hydrogens is 148 g/mol. The molecule has 5 heteroatoms. The van der Waals surface area contributed by atoms with E-state index in [1.54, 1.807) is 6.92 Å². The molecule has 0 spiro atoms. The minimum absolute atomic E-state index is 0.0836. The topological polar surface area (TPSA) is 95.6 Å². The van der Waals surface area contributed by atoms with Gasteiger partial charge in [0.15, 0.2) is 0 Å². The van der Waals surface area contributed by atoms with Crippen LogP contribution < -0.4 is 11.1 Å². The molecule has 0 saturated carbocycles. The fourth-order valence-corrected chi connectivity index (χ4v) is 0.530. The van der Waals surface area contributed by atoms with Crippen LogP contribution >= 0.6 is 0 Å². The zero-order chi connectivity index (χ0) is 8.85. The second kappa shape index (κ2) is 5.06. The lowest BCUT2D eigenvalue weighted by Gasteiger charge is -2.09. The van der Waals surface area contributed by atoms with Gasteiger partial charge in [0.2, 0.25) is 5.91 Å². The van der Waals surface area contributed by atoms with Crippen LogP contribution in [0.3, 0.4) is 0 Å². The average molecular weight is 162 g/mol. The predicted octanol–water partition coefficient (Wildman–Crippen LogP) is -2.20. The van der Waals surface area contributed by atoms with E-state index in [0.717, 1.165) is 0 Å². The van der Waals surface area contributed by atoms with Gasteiger partial charge in [-0.25, -0.2) is 0 Å². The van der Waals surface area contributed by atoms with Gasteiger partial charge in [0, 0.05) is 13.1 Å². The summed E-state index contributed by atoms with van der Waals surface area (Å²) in [4.78, 5) is 10.2. The number of hydrogen-bond acceptors (Lipinski definition) is 4. The number of hydrogen-bond donors (Lipinski definition) is 4. The van der Waals surface area contributed by atoms with Gasteiger partial charge in [-0.15, -0.1) is 0 Å². The van der Waals surface area contributed by atoms with Crippen molar-refractivity contribution in [3.05, 3.63) is 0 Å². The van der Waals surface area contributed by atoms with Crippen molar-refractivity contribution in [3.63, 3.8) is 0 Å². The van der Waals surface area contributed by atoms with Crippen LogP contribution in [-0.2, 0) is 4.79 Å². The SMILES string of the molecule is C[C@H](O)CNCC(O)C(N)=O. The van der Waals surface area contributed by atoms with Crippen LogP contribution in [0.1, 0.15) is 6.92 Å². The molecule has 5 N–H and O–H groups in total. The summed E-state index contributed by atoms with van der Waals surface area (Å²) in [6.45, 7) is 2.02. The maximum atomic E-state index is 10.2. The molecular formula is C6H14N2O3. The maximum absolute atomic E-state index is 10.2. The second-order valence-corrected chi connectivity index (χ2v) is 2.43. The molecule has 0 aliphatic rings. The molecule has 66 valence electrons. The van der Waals surface area contributed by atoms with Crippen molar-refractivity contribution in [2.24, 2.45) is 5.73 Å². The van der Waals surface area contributed by atoms with Gasteiger partial charge < -0.3 is 21.3 Å². The average Bonchev–Trinajstić information content (AvgIpc) is 1.86. The fourth-order valence-electron chi connectivity index (χ4n) is 0.530. The molecule has 0 rings (SSSR count). The summed E-state index contributed by atoms with van der Waals surface area (Å²) in [7, 11) is 0. The van der Waals surface area contributed by atoms with Crippen LogP contribution in [0.4, 0.5) is 0 Å². The van der Waals surface area contributed by atoms with Crippen LogP contribution in [0.5, 0.6) is 0 Å². The van der Waals surface area contributed by atoms with Crippen molar-refractivity contribution < 1.29 is 15.0 Å². The van der Waals surface area contributed by atoms with E-state index in [-0.39, 0.29) is 6.54 Å². The highest BCUT2D eigenvalue weighted by Crippen LogP contribution is 1.79. The Morgan fingerprint density at radius 3 is 2.45 bits per heavy atom. The van der Waals surface area contributed by atoms with E-state index in [4.69, 9.17) is 15.9 Å². The van der Waals surface area contributed by atoms with Crippen molar-refractivity contribution >= 4 is 5.91 Å². The molecule has 0 heterocycles. The number of rotatable bonds is 5. The van der Waals surface area contributed by atoms with E-state index in [9.17, 15) is 4.79 Å². The van der Waals surface area contributed by atoms with Crippen molar-refractivity contribution in [3.8, 4) is 0 Å². The molecule has 1 unspecified atom stereocenters. The third kappa shape index (κ3) is 5.78. The molecule has 0 fully saturated rings.